The molecule has 1 rings (SSSR count). The van der Waals surface area contributed by atoms with Gasteiger partial charge in [-0.2, -0.15) is 0 Å². The topological polar surface area (TPSA) is 66.4 Å². The molecule has 4 nitrogen and oxygen atoms in total. The highest BCUT2D eigenvalue weighted by Gasteiger charge is 2.11. The fourth-order valence-electron chi connectivity index (χ4n) is 1.73. The Balaban J connectivity index is 2.86. The van der Waals surface area contributed by atoms with Gasteiger partial charge in [-0.1, -0.05) is 17.9 Å². The number of nitrogens with one attached hydrogen (secondary N) is 1. The number of hydrogen-bond donors (Lipinski definition) is 2. The summed E-state index contributed by atoms with van der Waals surface area (Å²) in [4.78, 5) is 12.1. The molecule has 0 aliphatic heterocycles. The second-order valence-corrected chi connectivity index (χ2v) is 6.08. The molecule has 1 aromatic rings. The number of rotatable bonds is 4. The molecule has 0 radical (unpaired) electrons. The van der Waals surface area contributed by atoms with Crippen molar-refractivity contribution in [1.29, 1.82) is 0 Å². The minimum Gasteiger partial charge on any atom is -0.384 e. The molecular weight excluding hydrogens is 274 g/mol. The molecule has 0 aliphatic rings. The highest BCUT2D eigenvalue weighted by atomic mass is 32.2. The zero-order valence-corrected chi connectivity index (χ0v) is 12.7. The number of carbonyl (C=O) groups is 1. The normalized spacial score (nSPS) is 13.0. The minimum atomic E-state index is -0.946. The van der Waals surface area contributed by atoms with Crippen molar-refractivity contribution in [3.05, 3.63) is 34.9 Å². The van der Waals surface area contributed by atoms with E-state index in [0.29, 0.717) is 11.3 Å². The van der Waals surface area contributed by atoms with Crippen molar-refractivity contribution >= 4 is 16.7 Å². The molecule has 0 aliphatic carbocycles. The lowest BCUT2D eigenvalue weighted by Crippen LogP contribution is -2.36. The summed E-state index contributed by atoms with van der Waals surface area (Å²) < 4.78 is 11.1. The molecule has 2 unspecified atom stereocenters. The van der Waals surface area contributed by atoms with Crippen LogP contribution < -0.4 is 5.32 Å². The monoisotopic (exact) mass is 293 g/mol. The number of benzene rings is 1. The summed E-state index contributed by atoms with van der Waals surface area (Å²) in [7, 11) is -0.946. The smallest absolute Gasteiger partial charge is 0.251 e. The summed E-state index contributed by atoms with van der Waals surface area (Å²) >= 11 is 0. The molecule has 108 valence electrons. The minimum absolute atomic E-state index is 0.151. The molecule has 0 aromatic heterocycles. The van der Waals surface area contributed by atoms with Crippen molar-refractivity contribution in [3.63, 3.8) is 0 Å². The lowest BCUT2D eigenvalue weighted by atomic mass is 10.0. The average molecular weight is 293 g/mol. The summed E-state index contributed by atoms with van der Waals surface area (Å²) in [5.41, 5.74) is 2.18. The van der Waals surface area contributed by atoms with Crippen LogP contribution in [0.15, 0.2) is 18.2 Å². The molecule has 0 saturated heterocycles. The number of aliphatic hydroxyl groups excluding tert-OH is 1. The Labute approximate surface area is 122 Å². The highest BCUT2D eigenvalue weighted by molar-refractivity contribution is 7.84. The fourth-order valence-corrected chi connectivity index (χ4v) is 2.52. The second-order valence-electron chi connectivity index (χ2n) is 4.60. The molecule has 1 amide bonds. The summed E-state index contributed by atoms with van der Waals surface area (Å²) in [5.74, 6) is 5.60. The van der Waals surface area contributed by atoms with Gasteiger partial charge in [0, 0.05) is 40.0 Å². The van der Waals surface area contributed by atoms with Gasteiger partial charge in [0.25, 0.3) is 5.91 Å². The SMILES string of the molecule is Cc1ccc(C(=O)NC(C)CS(C)=O)cc1C#CCO. The molecule has 0 fully saturated rings. The van der Waals surface area contributed by atoms with E-state index in [2.05, 4.69) is 17.2 Å². The Morgan fingerprint density at radius 2 is 2.20 bits per heavy atom. The molecular formula is C15H19NO3S. The molecule has 1 aromatic carbocycles. The van der Waals surface area contributed by atoms with Crippen molar-refractivity contribution in [2.24, 2.45) is 0 Å². The van der Waals surface area contributed by atoms with Crippen LogP contribution in [0.25, 0.3) is 0 Å². The van der Waals surface area contributed by atoms with Crippen molar-refractivity contribution in [1.82, 2.24) is 5.32 Å². The third-order valence-electron chi connectivity index (χ3n) is 2.66. The van der Waals surface area contributed by atoms with Gasteiger partial charge in [-0.15, -0.1) is 0 Å². The maximum absolute atomic E-state index is 12.1. The predicted molar refractivity (Wildman–Crippen MR) is 81.0 cm³/mol. The third-order valence-corrected chi connectivity index (χ3v) is 3.63. The van der Waals surface area contributed by atoms with Crippen LogP contribution in [0.3, 0.4) is 0 Å². The largest absolute Gasteiger partial charge is 0.384 e. The van der Waals surface area contributed by atoms with Crippen LogP contribution in [0, 0.1) is 18.8 Å². The van der Waals surface area contributed by atoms with Crippen LogP contribution >= 0.6 is 0 Å². The van der Waals surface area contributed by atoms with Gasteiger partial charge in [-0.05, 0) is 31.5 Å². The van der Waals surface area contributed by atoms with E-state index in [1.807, 2.05) is 19.9 Å². The molecule has 0 bridgehead atoms. The van der Waals surface area contributed by atoms with Crippen LogP contribution in [0.4, 0.5) is 0 Å². The Morgan fingerprint density at radius 1 is 1.50 bits per heavy atom. The first kappa shape index (κ1) is 16.4. The molecule has 0 saturated carbocycles. The van der Waals surface area contributed by atoms with Gasteiger partial charge in [0.2, 0.25) is 0 Å². The van der Waals surface area contributed by atoms with E-state index in [1.54, 1.807) is 18.4 Å². The van der Waals surface area contributed by atoms with Crippen molar-refractivity contribution in [3.8, 4) is 11.8 Å². The third kappa shape index (κ3) is 5.16. The van der Waals surface area contributed by atoms with Gasteiger partial charge in [-0.25, -0.2) is 0 Å². The Kier molecular flexibility index (Phi) is 6.43. The van der Waals surface area contributed by atoms with Gasteiger partial charge in [0.15, 0.2) is 0 Å². The van der Waals surface area contributed by atoms with Crippen LogP contribution in [0.1, 0.15) is 28.4 Å². The molecule has 2 N–H and O–H groups in total. The molecule has 5 heteroatoms. The van der Waals surface area contributed by atoms with Gasteiger partial charge < -0.3 is 10.4 Å². The summed E-state index contributed by atoms with van der Waals surface area (Å²) in [6.45, 7) is 3.50. The summed E-state index contributed by atoms with van der Waals surface area (Å²) in [6, 6.07) is 5.09. The number of hydrogen-bond acceptors (Lipinski definition) is 3. The zero-order chi connectivity index (χ0) is 15.1. The van der Waals surface area contributed by atoms with Crippen molar-refractivity contribution in [2.45, 2.75) is 19.9 Å². The number of aryl methyl sites for hydroxylation is 1. The molecule has 0 spiro atoms. The van der Waals surface area contributed by atoms with E-state index < -0.39 is 10.8 Å². The quantitative estimate of drug-likeness (QED) is 0.808. The maximum atomic E-state index is 12.1. The average Bonchev–Trinajstić information content (AvgIpc) is 2.36. The highest BCUT2D eigenvalue weighted by Crippen LogP contribution is 2.10. The van der Waals surface area contributed by atoms with Gasteiger partial charge in [0.1, 0.15) is 6.61 Å². The van der Waals surface area contributed by atoms with Crippen LogP contribution in [-0.4, -0.2) is 39.9 Å². The van der Waals surface area contributed by atoms with Gasteiger partial charge in [0.05, 0.1) is 0 Å². The number of carbonyl (C=O) groups excluding carboxylic acids is 1. The summed E-state index contributed by atoms with van der Waals surface area (Å²) in [6.07, 6.45) is 1.61. The fraction of sp³-hybridized carbons (Fsp3) is 0.400. The predicted octanol–water partition coefficient (Wildman–Crippen LogP) is 0.836. The van der Waals surface area contributed by atoms with E-state index in [0.717, 1.165) is 11.1 Å². The molecule has 20 heavy (non-hydrogen) atoms. The standard InChI is InChI=1S/C15H19NO3S/c1-11-6-7-14(9-13(11)5-4-8-17)15(18)16-12(2)10-20(3)19/h6-7,9,12,17H,8,10H2,1-3H3,(H,16,18). The van der Waals surface area contributed by atoms with E-state index in [-0.39, 0.29) is 18.6 Å². The van der Waals surface area contributed by atoms with E-state index in [9.17, 15) is 9.00 Å². The number of aliphatic hydroxyl groups is 1. The lowest BCUT2D eigenvalue weighted by Gasteiger charge is -2.13. The first-order valence-electron chi connectivity index (χ1n) is 6.25. The lowest BCUT2D eigenvalue weighted by molar-refractivity contribution is 0.0943. The zero-order valence-electron chi connectivity index (χ0n) is 11.9. The van der Waals surface area contributed by atoms with E-state index in [1.165, 1.54) is 0 Å². The Morgan fingerprint density at radius 3 is 2.80 bits per heavy atom. The maximum Gasteiger partial charge on any atom is 0.251 e. The van der Waals surface area contributed by atoms with E-state index >= 15 is 0 Å². The van der Waals surface area contributed by atoms with Crippen LogP contribution in [0.2, 0.25) is 0 Å². The first-order valence-corrected chi connectivity index (χ1v) is 7.98. The number of amides is 1. The van der Waals surface area contributed by atoms with Gasteiger partial charge in [-0.3, -0.25) is 9.00 Å². The van der Waals surface area contributed by atoms with Crippen LogP contribution in [-0.2, 0) is 10.8 Å². The second kappa shape index (κ2) is 7.83. The first-order chi connectivity index (χ1) is 9.43. The molecule has 2 atom stereocenters. The van der Waals surface area contributed by atoms with Gasteiger partial charge >= 0.3 is 0 Å². The Hall–Kier alpha value is -1.64. The van der Waals surface area contributed by atoms with Crippen molar-refractivity contribution in [2.75, 3.05) is 18.6 Å². The van der Waals surface area contributed by atoms with Crippen LogP contribution in [0.5, 0.6) is 0 Å². The van der Waals surface area contributed by atoms with Crippen molar-refractivity contribution < 1.29 is 14.1 Å². The van der Waals surface area contributed by atoms with E-state index in [4.69, 9.17) is 5.11 Å². The Bertz CT molecular complexity index is 572. The molecule has 0 heterocycles. The summed E-state index contributed by atoms with van der Waals surface area (Å²) in [5, 5.41) is 11.5.